The van der Waals surface area contributed by atoms with Crippen molar-refractivity contribution in [2.75, 3.05) is 24.6 Å². The second kappa shape index (κ2) is 13.1. The molecule has 9 heteroatoms. The molecule has 0 aromatic heterocycles. The number of hydrogen-bond acceptors (Lipinski definition) is 5. The van der Waals surface area contributed by atoms with E-state index in [9.17, 15) is 14.4 Å². The van der Waals surface area contributed by atoms with Crippen LogP contribution in [-0.4, -0.2) is 43.4 Å². The first kappa shape index (κ1) is 23.9. The molecule has 1 aromatic carbocycles. The van der Waals surface area contributed by atoms with Crippen molar-refractivity contribution < 1.29 is 19.1 Å². The third-order valence-electron chi connectivity index (χ3n) is 4.20. The van der Waals surface area contributed by atoms with Crippen LogP contribution < -0.4 is 21.7 Å². The molecule has 1 aromatic rings. The lowest BCUT2D eigenvalue weighted by Gasteiger charge is -2.15. The van der Waals surface area contributed by atoms with Gasteiger partial charge in [0.2, 0.25) is 5.91 Å². The zero-order chi connectivity index (χ0) is 21.6. The van der Waals surface area contributed by atoms with Crippen molar-refractivity contribution in [2.24, 2.45) is 11.5 Å². The lowest BCUT2D eigenvalue weighted by Crippen LogP contribution is -2.31. The number of nitrogens with zero attached hydrogens (tertiary/aromatic N) is 1. The van der Waals surface area contributed by atoms with Crippen LogP contribution in [0.15, 0.2) is 24.3 Å². The van der Waals surface area contributed by atoms with Crippen molar-refractivity contribution >= 4 is 29.4 Å². The third-order valence-corrected chi connectivity index (χ3v) is 4.20. The van der Waals surface area contributed by atoms with E-state index in [4.69, 9.17) is 21.6 Å². The normalized spacial score (nSPS) is 12.7. The number of ether oxygens (including phenoxy) is 1. The molecule has 0 unspecified atom stereocenters. The van der Waals surface area contributed by atoms with E-state index in [2.05, 4.69) is 12.2 Å². The molecule has 1 saturated heterocycles. The highest BCUT2D eigenvalue weighted by Gasteiger charge is 2.21. The summed E-state index contributed by atoms with van der Waals surface area (Å²) in [5.41, 5.74) is 11.7. The topological polar surface area (TPSA) is 152 Å². The largest absolute Gasteiger partial charge is 0.466 e. The second-order valence-corrected chi connectivity index (χ2v) is 6.58. The van der Waals surface area contributed by atoms with Gasteiger partial charge in [-0.25, -0.2) is 4.79 Å². The molecule has 1 aliphatic heterocycles. The fourth-order valence-electron chi connectivity index (χ4n) is 2.64. The van der Waals surface area contributed by atoms with Crippen molar-refractivity contribution in [3.05, 3.63) is 29.8 Å². The zero-order valence-corrected chi connectivity index (χ0v) is 16.9. The zero-order valence-electron chi connectivity index (χ0n) is 16.9. The average molecular weight is 405 g/mol. The minimum Gasteiger partial charge on any atom is -0.466 e. The summed E-state index contributed by atoms with van der Waals surface area (Å²) in [6.45, 7) is 3.57. The summed E-state index contributed by atoms with van der Waals surface area (Å²) in [7, 11) is 0. The van der Waals surface area contributed by atoms with E-state index in [1.54, 1.807) is 17.0 Å². The maximum atomic E-state index is 11.5. The first-order chi connectivity index (χ1) is 13.8. The number of benzene rings is 1. The highest BCUT2D eigenvalue weighted by atomic mass is 16.5. The summed E-state index contributed by atoms with van der Waals surface area (Å²) >= 11 is 0. The van der Waals surface area contributed by atoms with Crippen molar-refractivity contribution in [3.63, 3.8) is 0 Å². The lowest BCUT2D eigenvalue weighted by molar-refractivity contribution is -0.143. The number of hydrogen-bond donors (Lipinski definition) is 4. The van der Waals surface area contributed by atoms with Gasteiger partial charge in [-0.3, -0.25) is 15.0 Å². The number of amides is 3. The standard InChI is InChI=1S/C11H13N3O.C9H18N2O3/c12-11(13)8-3-5-9(6-4-8)14-7-1-2-10(14)15;1-2-3-4-7-14-8(12)5-6-11-9(10)13/h3-6H,1-2,7H2,(H3,12,13);2-7H2,1H3,(H3,10,11,13). The number of nitrogens with two attached hydrogens (primary N) is 2. The highest BCUT2D eigenvalue weighted by Crippen LogP contribution is 2.21. The van der Waals surface area contributed by atoms with E-state index in [1.165, 1.54) is 0 Å². The van der Waals surface area contributed by atoms with Crippen molar-refractivity contribution in [1.29, 1.82) is 5.41 Å². The Labute approximate surface area is 171 Å². The molecule has 29 heavy (non-hydrogen) atoms. The molecule has 3 amide bonds. The molecule has 6 N–H and O–H groups in total. The molecule has 9 nitrogen and oxygen atoms in total. The molecule has 0 aliphatic carbocycles. The molecule has 1 heterocycles. The Morgan fingerprint density at radius 3 is 2.41 bits per heavy atom. The fourth-order valence-corrected chi connectivity index (χ4v) is 2.64. The smallest absolute Gasteiger partial charge is 0.312 e. The predicted octanol–water partition coefficient (Wildman–Crippen LogP) is 1.88. The van der Waals surface area contributed by atoms with Gasteiger partial charge in [0, 0.05) is 30.8 Å². The quantitative estimate of drug-likeness (QED) is 0.214. The molecule has 0 radical (unpaired) electrons. The van der Waals surface area contributed by atoms with Gasteiger partial charge in [0.1, 0.15) is 5.84 Å². The van der Waals surface area contributed by atoms with Gasteiger partial charge < -0.3 is 26.4 Å². The number of urea groups is 1. The lowest BCUT2D eigenvalue weighted by atomic mass is 10.2. The van der Waals surface area contributed by atoms with Crippen LogP contribution in [0.1, 0.15) is 51.0 Å². The van der Waals surface area contributed by atoms with Gasteiger partial charge in [-0.05, 0) is 37.1 Å². The Morgan fingerprint density at radius 2 is 1.90 bits per heavy atom. The average Bonchev–Trinajstić information content (AvgIpc) is 3.11. The molecular formula is C20H31N5O4. The first-order valence-electron chi connectivity index (χ1n) is 9.79. The summed E-state index contributed by atoms with van der Waals surface area (Å²) in [6.07, 6.45) is 4.79. The molecule has 0 bridgehead atoms. The summed E-state index contributed by atoms with van der Waals surface area (Å²) in [4.78, 5) is 34.4. The van der Waals surface area contributed by atoms with Crippen LogP contribution in [0.2, 0.25) is 0 Å². The van der Waals surface area contributed by atoms with Gasteiger partial charge in [-0.15, -0.1) is 0 Å². The molecule has 1 aliphatic rings. The van der Waals surface area contributed by atoms with Crippen molar-refractivity contribution in [2.45, 2.75) is 45.4 Å². The number of rotatable bonds is 9. The van der Waals surface area contributed by atoms with Crippen LogP contribution in [0.25, 0.3) is 0 Å². The van der Waals surface area contributed by atoms with Gasteiger partial charge in [-0.2, -0.15) is 0 Å². The van der Waals surface area contributed by atoms with E-state index >= 15 is 0 Å². The van der Waals surface area contributed by atoms with Crippen LogP contribution in [0.4, 0.5) is 10.5 Å². The maximum absolute atomic E-state index is 11.5. The van der Waals surface area contributed by atoms with Gasteiger partial charge in [0.25, 0.3) is 0 Å². The molecule has 1 fully saturated rings. The Bertz CT molecular complexity index is 691. The van der Waals surface area contributed by atoms with E-state index in [0.29, 0.717) is 18.6 Å². The SMILES string of the molecule is CCCCCOC(=O)CCNC(N)=O.N=C(N)c1ccc(N2CCCC2=O)cc1. The van der Waals surface area contributed by atoms with E-state index in [1.807, 2.05) is 12.1 Å². The van der Waals surface area contributed by atoms with Crippen LogP contribution in [0.3, 0.4) is 0 Å². The Hall–Kier alpha value is -3.10. The number of nitrogens with one attached hydrogen (secondary N) is 2. The minimum atomic E-state index is -0.621. The van der Waals surface area contributed by atoms with Gasteiger partial charge in [0.15, 0.2) is 0 Å². The number of esters is 1. The molecule has 0 saturated carbocycles. The van der Waals surface area contributed by atoms with Gasteiger partial charge in [-0.1, -0.05) is 19.8 Å². The van der Waals surface area contributed by atoms with Crippen molar-refractivity contribution in [1.82, 2.24) is 5.32 Å². The summed E-state index contributed by atoms with van der Waals surface area (Å²) in [5, 5.41) is 9.57. The summed E-state index contributed by atoms with van der Waals surface area (Å²) < 4.78 is 4.89. The third kappa shape index (κ3) is 9.59. The van der Waals surface area contributed by atoms with Crippen LogP contribution in [0.5, 0.6) is 0 Å². The van der Waals surface area contributed by atoms with E-state index in [0.717, 1.165) is 37.9 Å². The number of anilines is 1. The minimum absolute atomic E-state index is 0.0503. The van der Waals surface area contributed by atoms with Crippen molar-refractivity contribution in [3.8, 4) is 0 Å². The summed E-state index contributed by atoms with van der Waals surface area (Å²) in [5.74, 6) is -0.0743. The molecule has 0 spiro atoms. The van der Waals surface area contributed by atoms with Crippen LogP contribution in [-0.2, 0) is 14.3 Å². The highest BCUT2D eigenvalue weighted by molar-refractivity contribution is 5.97. The molecule has 2 rings (SSSR count). The van der Waals surface area contributed by atoms with E-state index in [-0.39, 0.29) is 30.7 Å². The fraction of sp³-hybridized carbons (Fsp3) is 0.500. The van der Waals surface area contributed by atoms with Crippen LogP contribution >= 0.6 is 0 Å². The summed E-state index contributed by atoms with van der Waals surface area (Å²) in [6, 6.07) is 6.58. The first-order valence-corrected chi connectivity index (χ1v) is 9.79. The number of primary amides is 1. The molecule has 160 valence electrons. The van der Waals surface area contributed by atoms with Crippen LogP contribution in [0, 0.1) is 5.41 Å². The monoisotopic (exact) mass is 405 g/mol. The van der Waals surface area contributed by atoms with Gasteiger partial charge in [0.05, 0.1) is 13.0 Å². The van der Waals surface area contributed by atoms with Gasteiger partial charge >= 0.3 is 12.0 Å². The number of carbonyl (C=O) groups is 3. The second-order valence-electron chi connectivity index (χ2n) is 6.58. The number of unbranched alkanes of at least 4 members (excludes halogenated alkanes) is 2. The Morgan fingerprint density at radius 1 is 1.21 bits per heavy atom. The predicted molar refractivity (Wildman–Crippen MR) is 112 cm³/mol. The number of amidine groups is 1. The molecule has 0 atom stereocenters. The van der Waals surface area contributed by atoms with E-state index < -0.39 is 6.03 Å². The number of nitrogen functional groups attached to an aromatic ring is 1. The Balaban J connectivity index is 0.000000291. The maximum Gasteiger partial charge on any atom is 0.312 e. The Kier molecular flexibility index (Phi) is 10.8. The molecular weight excluding hydrogens is 374 g/mol. The number of carbonyl (C=O) groups excluding carboxylic acids is 3.